The standard InChI is InChI=1S/C23H21Br2N3O6S/c24-15-8-9-19(25)21(10-15)35(32,33)27-16-11-17(28(12-16)23(30)31)13-34-22(29)26-20-7-3-5-14-4-1-2-6-18(14)20/h1-10,16-17,27H,11-13H2,(H,26,29)(H,30,31)/t16-,17-/m1/s1. The largest absolute Gasteiger partial charge is 0.465 e. The molecule has 0 aliphatic carbocycles. The number of carboxylic acid groups (broad SMARTS) is 1. The number of likely N-dealkylation sites (tertiary alicyclic amines) is 1. The van der Waals surface area contributed by atoms with E-state index < -0.39 is 34.3 Å². The van der Waals surface area contributed by atoms with E-state index >= 15 is 0 Å². The molecule has 1 aliphatic rings. The minimum atomic E-state index is -3.93. The van der Waals surface area contributed by atoms with Gasteiger partial charge in [0.25, 0.3) is 0 Å². The van der Waals surface area contributed by atoms with E-state index in [2.05, 4.69) is 41.9 Å². The van der Waals surface area contributed by atoms with Crippen LogP contribution in [0.4, 0.5) is 15.3 Å². The summed E-state index contributed by atoms with van der Waals surface area (Å²) in [4.78, 5) is 25.3. The van der Waals surface area contributed by atoms with Gasteiger partial charge in [-0.1, -0.05) is 52.3 Å². The van der Waals surface area contributed by atoms with Crippen LogP contribution in [-0.2, 0) is 14.8 Å². The number of amides is 2. The topological polar surface area (TPSA) is 125 Å². The van der Waals surface area contributed by atoms with E-state index in [0.29, 0.717) is 14.6 Å². The molecule has 3 N–H and O–H groups in total. The maximum absolute atomic E-state index is 12.9. The molecule has 0 bridgehead atoms. The van der Waals surface area contributed by atoms with Crippen LogP contribution in [0, 0.1) is 0 Å². The summed E-state index contributed by atoms with van der Waals surface area (Å²) in [6.07, 6.45) is -1.80. The van der Waals surface area contributed by atoms with E-state index in [0.717, 1.165) is 15.7 Å². The second-order valence-electron chi connectivity index (χ2n) is 7.97. The summed E-state index contributed by atoms with van der Waals surface area (Å²) in [6.45, 7) is -0.291. The SMILES string of the molecule is O=C(Nc1cccc2ccccc12)OC[C@H]1C[C@@H](NS(=O)(=O)c2cc(Br)ccc2Br)CN1C(=O)O. The quantitative estimate of drug-likeness (QED) is 0.353. The number of nitrogens with one attached hydrogen (secondary N) is 2. The van der Waals surface area contributed by atoms with Gasteiger partial charge >= 0.3 is 12.2 Å². The van der Waals surface area contributed by atoms with Crippen molar-refractivity contribution in [1.29, 1.82) is 0 Å². The Hall–Kier alpha value is -2.67. The number of halogens is 2. The molecule has 2 amide bonds. The Morgan fingerprint density at radius 1 is 1.09 bits per heavy atom. The van der Waals surface area contributed by atoms with E-state index in [1.54, 1.807) is 24.3 Å². The summed E-state index contributed by atoms with van der Waals surface area (Å²) in [5, 5.41) is 14.1. The van der Waals surface area contributed by atoms with Crippen molar-refractivity contribution in [3.8, 4) is 0 Å². The molecule has 2 atom stereocenters. The zero-order valence-corrected chi connectivity index (χ0v) is 22.1. The number of carbonyl (C=O) groups is 2. The van der Waals surface area contributed by atoms with Crippen LogP contribution in [0.1, 0.15) is 6.42 Å². The van der Waals surface area contributed by atoms with Crippen molar-refractivity contribution in [1.82, 2.24) is 9.62 Å². The minimum absolute atomic E-state index is 0.0305. The molecule has 1 saturated heterocycles. The highest BCUT2D eigenvalue weighted by molar-refractivity contribution is 9.11. The summed E-state index contributed by atoms with van der Waals surface area (Å²) in [5.74, 6) is 0. The fourth-order valence-corrected chi connectivity index (χ4v) is 6.75. The lowest BCUT2D eigenvalue weighted by Gasteiger charge is -2.21. The molecule has 9 nitrogen and oxygen atoms in total. The number of sulfonamides is 1. The Kier molecular flexibility index (Phi) is 7.64. The molecular weight excluding hydrogens is 606 g/mol. The van der Waals surface area contributed by atoms with E-state index in [1.807, 2.05) is 30.3 Å². The molecule has 3 aromatic rings. The molecule has 3 aromatic carbocycles. The fraction of sp³-hybridized carbons (Fsp3) is 0.217. The summed E-state index contributed by atoms with van der Waals surface area (Å²) in [6, 6.07) is 16.4. The molecule has 1 heterocycles. The summed E-state index contributed by atoms with van der Waals surface area (Å²) in [7, 11) is -3.93. The number of nitrogens with zero attached hydrogens (tertiary/aromatic N) is 1. The molecule has 0 saturated carbocycles. The maximum Gasteiger partial charge on any atom is 0.411 e. The molecular formula is C23H21Br2N3O6S. The van der Waals surface area contributed by atoms with Gasteiger partial charge in [-0.05, 0) is 52.0 Å². The highest BCUT2D eigenvalue weighted by Crippen LogP contribution is 2.28. The molecule has 1 fully saturated rings. The monoisotopic (exact) mass is 625 g/mol. The normalized spacial score (nSPS) is 17.9. The number of rotatable bonds is 6. The zero-order chi connectivity index (χ0) is 25.2. The molecule has 0 spiro atoms. The van der Waals surface area contributed by atoms with E-state index in [4.69, 9.17) is 4.74 Å². The second kappa shape index (κ2) is 10.5. The Labute approximate surface area is 218 Å². The Morgan fingerprint density at radius 3 is 2.60 bits per heavy atom. The van der Waals surface area contributed by atoms with Gasteiger partial charge in [-0.15, -0.1) is 0 Å². The number of hydrogen-bond acceptors (Lipinski definition) is 5. The van der Waals surface area contributed by atoms with E-state index in [1.165, 1.54) is 6.07 Å². The van der Waals surface area contributed by atoms with Gasteiger partial charge in [0.2, 0.25) is 10.0 Å². The number of ether oxygens (including phenoxy) is 1. The van der Waals surface area contributed by atoms with Gasteiger partial charge in [-0.2, -0.15) is 0 Å². The van der Waals surface area contributed by atoms with Crippen molar-refractivity contribution < 1.29 is 27.9 Å². The van der Waals surface area contributed by atoms with Crippen LogP contribution in [0.2, 0.25) is 0 Å². The molecule has 0 unspecified atom stereocenters. The Balaban J connectivity index is 1.41. The average Bonchev–Trinajstić information content (AvgIpc) is 3.22. The third kappa shape index (κ3) is 5.95. The first kappa shape index (κ1) is 25.4. The minimum Gasteiger partial charge on any atom is -0.465 e. The lowest BCUT2D eigenvalue weighted by atomic mass is 10.1. The van der Waals surface area contributed by atoms with E-state index in [9.17, 15) is 23.1 Å². The number of hydrogen-bond donors (Lipinski definition) is 3. The van der Waals surface area contributed by atoms with Crippen LogP contribution < -0.4 is 10.0 Å². The van der Waals surface area contributed by atoms with Crippen LogP contribution >= 0.6 is 31.9 Å². The van der Waals surface area contributed by atoms with Crippen LogP contribution in [0.5, 0.6) is 0 Å². The maximum atomic E-state index is 12.9. The van der Waals surface area contributed by atoms with Gasteiger partial charge in [0.15, 0.2) is 0 Å². The predicted molar refractivity (Wildman–Crippen MR) is 138 cm³/mol. The fourth-order valence-electron chi connectivity index (χ4n) is 4.01. The van der Waals surface area contributed by atoms with Crippen molar-refractivity contribution in [3.63, 3.8) is 0 Å². The second-order valence-corrected chi connectivity index (χ2v) is 11.4. The number of benzene rings is 3. The summed E-state index contributed by atoms with van der Waals surface area (Å²) < 4.78 is 34.6. The van der Waals surface area contributed by atoms with Crippen molar-refractivity contribution in [2.75, 3.05) is 18.5 Å². The van der Waals surface area contributed by atoms with Crippen molar-refractivity contribution >= 4 is 70.5 Å². The molecule has 35 heavy (non-hydrogen) atoms. The average molecular weight is 627 g/mol. The predicted octanol–water partition coefficient (Wildman–Crippen LogP) is 5.01. The first-order valence-electron chi connectivity index (χ1n) is 10.5. The smallest absolute Gasteiger partial charge is 0.411 e. The number of anilines is 1. The van der Waals surface area contributed by atoms with Crippen molar-refractivity contribution in [3.05, 3.63) is 69.6 Å². The molecule has 12 heteroatoms. The van der Waals surface area contributed by atoms with E-state index in [-0.39, 0.29) is 24.5 Å². The van der Waals surface area contributed by atoms with Gasteiger partial charge < -0.3 is 14.7 Å². The van der Waals surface area contributed by atoms with Gasteiger partial charge in [0.05, 0.1) is 16.6 Å². The lowest BCUT2D eigenvalue weighted by Crippen LogP contribution is -2.40. The molecule has 4 rings (SSSR count). The molecule has 184 valence electrons. The first-order chi connectivity index (χ1) is 16.6. The Bertz CT molecular complexity index is 1380. The number of carbonyl (C=O) groups excluding carboxylic acids is 1. The van der Waals surface area contributed by atoms with Crippen molar-refractivity contribution in [2.24, 2.45) is 0 Å². The van der Waals surface area contributed by atoms with Gasteiger partial charge in [-0.3, -0.25) is 5.32 Å². The van der Waals surface area contributed by atoms with Crippen LogP contribution in [0.25, 0.3) is 10.8 Å². The van der Waals surface area contributed by atoms with Crippen molar-refractivity contribution in [2.45, 2.75) is 23.4 Å². The number of fused-ring (bicyclic) bond motifs is 1. The van der Waals surface area contributed by atoms with Crippen LogP contribution in [-0.4, -0.2) is 55.8 Å². The highest BCUT2D eigenvalue weighted by atomic mass is 79.9. The third-order valence-electron chi connectivity index (χ3n) is 5.60. The zero-order valence-electron chi connectivity index (χ0n) is 18.1. The molecule has 1 aliphatic heterocycles. The van der Waals surface area contributed by atoms with Crippen LogP contribution in [0.15, 0.2) is 74.5 Å². The highest BCUT2D eigenvalue weighted by Gasteiger charge is 2.38. The summed E-state index contributed by atoms with van der Waals surface area (Å²) in [5.41, 5.74) is 0.569. The summed E-state index contributed by atoms with van der Waals surface area (Å²) >= 11 is 6.49. The first-order valence-corrected chi connectivity index (χ1v) is 13.6. The van der Waals surface area contributed by atoms with Gasteiger partial charge in [0, 0.05) is 26.9 Å². The molecule has 0 aromatic heterocycles. The molecule has 0 radical (unpaired) electrons. The van der Waals surface area contributed by atoms with Gasteiger partial charge in [0.1, 0.15) is 6.61 Å². The van der Waals surface area contributed by atoms with Crippen LogP contribution in [0.3, 0.4) is 0 Å². The third-order valence-corrected chi connectivity index (χ3v) is 8.61. The van der Waals surface area contributed by atoms with Gasteiger partial charge in [-0.25, -0.2) is 22.7 Å². The lowest BCUT2D eigenvalue weighted by molar-refractivity contribution is 0.102. The Morgan fingerprint density at radius 2 is 1.83 bits per heavy atom.